The average molecular weight is 500 g/mol. The highest BCUT2D eigenvalue weighted by Crippen LogP contribution is 2.24. The third-order valence-corrected chi connectivity index (χ3v) is 9.79. The molecule has 2 heterocycles. The van der Waals surface area contributed by atoms with Crippen molar-refractivity contribution in [3.8, 4) is 0 Å². The summed E-state index contributed by atoms with van der Waals surface area (Å²) in [6.07, 6.45) is 0. The van der Waals surface area contributed by atoms with Crippen LogP contribution in [0, 0.1) is 13.8 Å². The van der Waals surface area contributed by atoms with Gasteiger partial charge in [-0.1, -0.05) is 5.16 Å². The summed E-state index contributed by atoms with van der Waals surface area (Å²) in [5.41, 5.74) is 0.745. The summed E-state index contributed by atoms with van der Waals surface area (Å²) < 4.78 is 58.5. The van der Waals surface area contributed by atoms with Crippen LogP contribution < -0.4 is 5.32 Å². The zero-order chi connectivity index (χ0) is 24.6. The van der Waals surface area contributed by atoms with Crippen molar-refractivity contribution in [2.24, 2.45) is 0 Å². The Morgan fingerprint density at radius 2 is 1.64 bits per heavy atom. The molecule has 2 amide bonds. The fourth-order valence-corrected chi connectivity index (χ4v) is 6.54. The SMILES string of the molecule is Cc1noc(C)c1S(=O)(=O)N1CCN(C(=O)Nc2ccc(S(=O)(=O)N(C)C(C)C)cc2)CC1. The topological polar surface area (TPSA) is 133 Å². The summed E-state index contributed by atoms with van der Waals surface area (Å²) in [5.74, 6) is 0.234. The van der Waals surface area contributed by atoms with Crippen LogP contribution in [0.15, 0.2) is 38.6 Å². The zero-order valence-electron chi connectivity index (χ0n) is 19.3. The maximum atomic E-state index is 12.9. The minimum atomic E-state index is -3.76. The van der Waals surface area contributed by atoms with Crippen LogP contribution in [0.1, 0.15) is 25.3 Å². The predicted octanol–water partition coefficient (Wildman–Crippen LogP) is 1.86. The lowest BCUT2D eigenvalue weighted by Crippen LogP contribution is -2.51. The number of nitrogens with one attached hydrogen (secondary N) is 1. The lowest BCUT2D eigenvalue weighted by molar-refractivity contribution is 0.184. The van der Waals surface area contributed by atoms with E-state index in [1.165, 1.54) is 44.8 Å². The molecule has 1 aromatic carbocycles. The van der Waals surface area contributed by atoms with Crippen LogP contribution in [0.2, 0.25) is 0 Å². The van der Waals surface area contributed by atoms with Crippen LogP contribution >= 0.6 is 0 Å². The number of urea groups is 1. The Hall–Kier alpha value is -2.48. The number of rotatable bonds is 6. The summed E-state index contributed by atoms with van der Waals surface area (Å²) in [4.78, 5) is 14.3. The Morgan fingerprint density at radius 3 is 2.12 bits per heavy atom. The van der Waals surface area contributed by atoms with Gasteiger partial charge < -0.3 is 14.7 Å². The van der Waals surface area contributed by atoms with Gasteiger partial charge in [0.2, 0.25) is 20.0 Å². The quantitative estimate of drug-likeness (QED) is 0.641. The number of anilines is 1. The molecule has 0 radical (unpaired) electrons. The van der Waals surface area contributed by atoms with Gasteiger partial charge in [-0.3, -0.25) is 0 Å². The number of aryl methyl sites for hydroxylation is 2. The zero-order valence-corrected chi connectivity index (χ0v) is 20.9. The van der Waals surface area contributed by atoms with Crippen LogP contribution in [0.4, 0.5) is 10.5 Å². The molecule has 33 heavy (non-hydrogen) atoms. The minimum absolute atomic E-state index is 0.0681. The second kappa shape index (κ2) is 9.41. The van der Waals surface area contributed by atoms with Gasteiger partial charge in [-0.2, -0.15) is 8.61 Å². The number of hydrogen-bond acceptors (Lipinski definition) is 7. The number of carbonyl (C=O) groups is 1. The van der Waals surface area contributed by atoms with E-state index in [1.54, 1.807) is 27.7 Å². The number of sulfonamides is 2. The summed E-state index contributed by atoms with van der Waals surface area (Å²) in [6, 6.07) is 5.36. The first-order valence-electron chi connectivity index (χ1n) is 10.4. The smallest absolute Gasteiger partial charge is 0.321 e. The first-order valence-corrected chi connectivity index (χ1v) is 13.3. The van der Waals surface area contributed by atoms with Crippen LogP contribution in [0.3, 0.4) is 0 Å². The first-order chi connectivity index (χ1) is 15.4. The fourth-order valence-electron chi connectivity index (χ4n) is 3.46. The highest BCUT2D eigenvalue weighted by Gasteiger charge is 2.34. The van der Waals surface area contributed by atoms with Crippen molar-refractivity contribution >= 4 is 31.8 Å². The maximum absolute atomic E-state index is 12.9. The molecule has 0 unspecified atom stereocenters. The van der Waals surface area contributed by atoms with Gasteiger partial charge in [-0.05, 0) is 52.0 Å². The third kappa shape index (κ3) is 5.05. The van der Waals surface area contributed by atoms with Gasteiger partial charge in [0.1, 0.15) is 10.6 Å². The number of benzene rings is 1. The molecule has 3 rings (SSSR count). The van der Waals surface area contributed by atoms with Crippen molar-refractivity contribution < 1.29 is 26.2 Å². The van der Waals surface area contributed by atoms with Crippen LogP contribution in [-0.4, -0.2) is 80.8 Å². The Bertz CT molecular complexity index is 1190. The number of aromatic nitrogens is 1. The Labute approximate surface area is 194 Å². The second-order valence-corrected chi connectivity index (χ2v) is 12.0. The number of nitrogens with zero attached hydrogens (tertiary/aromatic N) is 4. The van der Waals surface area contributed by atoms with Gasteiger partial charge >= 0.3 is 6.03 Å². The monoisotopic (exact) mass is 499 g/mol. The Morgan fingerprint density at radius 1 is 1.06 bits per heavy atom. The van der Waals surface area contributed by atoms with E-state index in [9.17, 15) is 21.6 Å². The minimum Gasteiger partial charge on any atom is -0.360 e. The predicted molar refractivity (Wildman–Crippen MR) is 122 cm³/mol. The molecular formula is C20H29N5O6S2. The van der Waals surface area contributed by atoms with Gasteiger partial charge in [-0.15, -0.1) is 0 Å². The summed E-state index contributed by atoms with van der Waals surface area (Å²) in [6.45, 7) is 7.38. The van der Waals surface area contributed by atoms with Crippen LogP contribution in [0.5, 0.6) is 0 Å². The van der Waals surface area contributed by atoms with E-state index in [4.69, 9.17) is 4.52 Å². The number of piperazine rings is 1. The van der Waals surface area contributed by atoms with Crippen molar-refractivity contribution in [3.05, 3.63) is 35.7 Å². The molecule has 0 bridgehead atoms. The Kier molecular flexibility index (Phi) is 7.17. The molecule has 1 fully saturated rings. The molecule has 0 spiro atoms. The van der Waals surface area contributed by atoms with Crippen LogP contribution in [0.25, 0.3) is 0 Å². The molecule has 182 valence electrons. The summed E-state index contributed by atoms with van der Waals surface area (Å²) in [5, 5.41) is 6.44. The van der Waals surface area contributed by atoms with Crippen LogP contribution in [-0.2, 0) is 20.0 Å². The molecule has 13 heteroatoms. The molecule has 2 aromatic rings. The van der Waals surface area contributed by atoms with E-state index >= 15 is 0 Å². The van der Waals surface area contributed by atoms with E-state index in [2.05, 4.69) is 10.5 Å². The van der Waals surface area contributed by atoms with Gasteiger partial charge in [0.05, 0.1) is 4.90 Å². The van der Waals surface area contributed by atoms with Gasteiger partial charge in [0.25, 0.3) is 0 Å². The molecule has 1 saturated heterocycles. The molecule has 1 N–H and O–H groups in total. The summed E-state index contributed by atoms with van der Waals surface area (Å²) >= 11 is 0. The number of amides is 2. The number of carbonyl (C=O) groups excluding carboxylic acids is 1. The first kappa shape index (κ1) is 25.1. The van der Waals surface area contributed by atoms with E-state index in [1.807, 2.05) is 0 Å². The van der Waals surface area contributed by atoms with E-state index < -0.39 is 20.0 Å². The van der Waals surface area contributed by atoms with E-state index in [0.29, 0.717) is 11.4 Å². The van der Waals surface area contributed by atoms with Gasteiger partial charge in [-0.25, -0.2) is 21.6 Å². The summed E-state index contributed by atoms with van der Waals surface area (Å²) in [7, 11) is -5.86. The fraction of sp³-hybridized carbons (Fsp3) is 0.500. The van der Waals surface area contributed by atoms with Crippen molar-refractivity contribution in [2.75, 3.05) is 38.5 Å². The largest absolute Gasteiger partial charge is 0.360 e. The van der Waals surface area contributed by atoms with Gasteiger partial charge in [0, 0.05) is 45.0 Å². The molecule has 1 aromatic heterocycles. The second-order valence-electron chi connectivity index (χ2n) is 8.11. The van der Waals surface area contributed by atoms with Crippen molar-refractivity contribution in [1.82, 2.24) is 18.7 Å². The van der Waals surface area contributed by atoms with Crippen molar-refractivity contribution in [3.63, 3.8) is 0 Å². The van der Waals surface area contributed by atoms with E-state index in [-0.39, 0.29) is 53.8 Å². The average Bonchev–Trinajstić information content (AvgIpc) is 3.12. The molecule has 11 nitrogen and oxygen atoms in total. The lowest BCUT2D eigenvalue weighted by Gasteiger charge is -2.33. The number of hydrogen-bond donors (Lipinski definition) is 1. The highest BCUT2D eigenvalue weighted by molar-refractivity contribution is 7.89. The highest BCUT2D eigenvalue weighted by atomic mass is 32.2. The lowest BCUT2D eigenvalue weighted by atomic mass is 10.3. The van der Waals surface area contributed by atoms with E-state index in [0.717, 1.165) is 0 Å². The molecule has 0 atom stereocenters. The van der Waals surface area contributed by atoms with Gasteiger partial charge in [0.15, 0.2) is 5.76 Å². The molecule has 1 aliphatic heterocycles. The van der Waals surface area contributed by atoms with Crippen molar-refractivity contribution in [2.45, 2.75) is 43.5 Å². The molecule has 0 aliphatic carbocycles. The third-order valence-electron chi connectivity index (χ3n) is 5.60. The molecule has 1 aliphatic rings. The normalized spacial score (nSPS) is 15.9. The molecule has 0 saturated carbocycles. The molecular weight excluding hydrogens is 470 g/mol. The standard InChI is InChI=1S/C20H29N5O6S2/c1-14(2)23(5)32(27,28)18-8-6-17(7-9-18)21-20(26)24-10-12-25(13-11-24)33(29,30)19-15(3)22-31-16(19)4/h6-9,14H,10-13H2,1-5H3,(H,21,26). The maximum Gasteiger partial charge on any atom is 0.321 e. The Balaban J connectivity index is 1.62. The van der Waals surface area contributed by atoms with Crippen molar-refractivity contribution in [1.29, 1.82) is 0 Å².